The topological polar surface area (TPSA) is 81.6 Å². The largest absolute Gasteiger partial charge is 0.450 e. The summed E-state index contributed by atoms with van der Waals surface area (Å²) < 4.78 is 4.65. The third-order valence-electron chi connectivity index (χ3n) is 2.47. The van der Waals surface area contributed by atoms with Gasteiger partial charge in [-0.2, -0.15) is 0 Å². The van der Waals surface area contributed by atoms with E-state index in [-0.39, 0.29) is 0 Å². The predicted octanol–water partition coefficient (Wildman–Crippen LogP) is 1.58. The van der Waals surface area contributed by atoms with Crippen molar-refractivity contribution in [3.8, 4) is 0 Å². The summed E-state index contributed by atoms with van der Waals surface area (Å²) in [4.78, 5) is 12.5. The van der Waals surface area contributed by atoms with Crippen LogP contribution in [0.2, 0.25) is 0 Å². The molecule has 0 saturated carbocycles. The molecule has 0 saturated heterocycles. The second-order valence-electron chi connectivity index (χ2n) is 3.89. The highest BCUT2D eigenvalue weighted by Gasteiger charge is 2.00. The molecule has 0 aliphatic rings. The van der Waals surface area contributed by atoms with Crippen molar-refractivity contribution >= 4 is 17.5 Å². The molecule has 1 aromatic carbocycles. The molecule has 0 aromatic heterocycles. The van der Waals surface area contributed by atoms with E-state index in [9.17, 15) is 4.79 Å². The molecule has 94 valence electrons. The van der Waals surface area contributed by atoms with Gasteiger partial charge in [0.05, 0.1) is 6.61 Å². The number of amides is 1. The van der Waals surface area contributed by atoms with Gasteiger partial charge in [-0.1, -0.05) is 0 Å². The van der Waals surface area contributed by atoms with Crippen molar-refractivity contribution in [3.05, 3.63) is 24.3 Å². The number of hydrogen-bond acceptors (Lipinski definition) is 4. The van der Waals surface area contributed by atoms with Crippen LogP contribution in [0.1, 0.15) is 12.8 Å². The number of ether oxygens (including phenoxy) is 1. The molecule has 4 N–H and O–H groups in total. The first-order valence-electron chi connectivity index (χ1n) is 5.58. The molecule has 0 aliphatic heterocycles. The lowest BCUT2D eigenvalue weighted by atomic mass is 10.2. The number of nitrogens with two attached hydrogens (primary N) is 2. The summed E-state index contributed by atoms with van der Waals surface area (Å²) >= 11 is 0. The molecule has 1 rings (SSSR count). The maximum atomic E-state index is 10.3. The first-order valence-corrected chi connectivity index (χ1v) is 5.58. The van der Waals surface area contributed by atoms with Crippen LogP contribution in [0.5, 0.6) is 0 Å². The molecular weight excluding hydrogens is 218 g/mol. The molecule has 0 aliphatic carbocycles. The van der Waals surface area contributed by atoms with E-state index in [1.807, 2.05) is 31.3 Å². The SMILES string of the molecule is CN(CCCCOC(N)=O)c1ccc(N)cc1. The Bertz CT molecular complexity index is 351. The average Bonchev–Trinajstić information content (AvgIpc) is 2.29. The van der Waals surface area contributed by atoms with Crippen LogP contribution in [-0.4, -0.2) is 26.3 Å². The highest BCUT2D eigenvalue weighted by molar-refractivity contribution is 5.64. The summed E-state index contributed by atoms with van der Waals surface area (Å²) in [5.41, 5.74) is 12.4. The fourth-order valence-electron chi connectivity index (χ4n) is 1.48. The number of nitrogens with zero attached hydrogens (tertiary/aromatic N) is 1. The monoisotopic (exact) mass is 237 g/mol. The van der Waals surface area contributed by atoms with Gasteiger partial charge in [0, 0.05) is 25.0 Å². The van der Waals surface area contributed by atoms with Crippen molar-refractivity contribution in [1.82, 2.24) is 0 Å². The summed E-state index contributed by atoms with van der Waals surface area (Å²) in [6.07, 6.45) is 1.04. The van der Waals surface area contributed by atoms with Crippen LogP contribution in [0, 0.1) is 0 Å². The number of benzene rings is 1. The lowest BCUT2D eigenvalue weighted by molar-refractivity contribution is 0.155. The fourth-order valence-corrected chi connectivity index (χ4v) is 1.48. The van der Waals surface area contributed by atoms with E-state index in [1.165, 1.54) is 0 Å². The Labute approximate surface area is 101 Å². The molecular formula is C12H19N3O2. The molecule has 0 heterocycles. The van der Waals surface area contributed by atoms with Gasteiger partial charge in [-0.25, -0.2) is 4.79 Å². The maximum absolute atomic E-state index is 10.3. The van der Waals surface area contributed by atoms with Gasteiger partial charge in [-0.3, -0.25) is 0 Å². The van der Waals surface area contributed by atoms with Crippen molar-refractivity contribution in [2.75, 3.05) is 30.8 Å². The fraction of sp³-hybridized carbons (Fsp3) is 0.417. The zero-order valence-corrected chi connectivity index (χ0v) is 10.1. The summed E-state index contributed by atoms with van der Waals surface area (Å²) in [6.45, 7) is 1.27. The van der Waals surface area contributed by atoms with Crippen LogP contribution < -0.4 is 16.4 Å². The summed E-state index contributed by atoms with van der Waals surface area (Å²) in [7, 11) is 2.01. The minimum absolute atomic E-state index is 0.380. The molecule has 0 radical (unpaired) electrons. The summed E-state index contributed by atoms with van der Waals surface area (Å²) in [5.74, 6) is 0. The Morgan fingerprint density at radius 2 is 1.94 bits per heavy atom. The minimum atomic E-state index is -0.711. The number of rotatable bonds is 6. The third-order valence-corrected chi connectivity index (χ3v) is 2.47. The van der Waals surface area contributed by atoms with E-state index < -0.39 is 6.09 Å². The van der Waals surface area contributed by atoms with E-state index in [4.69, 9.17) is 11.5 Å². The Morgan fingerprint density at radius 3 is 2.53 bits per heavy atom. The number of carbonyl (C=O) groups is 1. The Hall–Kier alpha value is -1.91. The number of nitrogen functional groups attached to an aromatic ring is 1. The van der Waals surface area contributed by atoms with Crippen LogP contribution >= 0.6 is 0 Å². The summed E-state index contributed by atoms with van der Waals surface area (Å²) in [5, 5.41) is 0. The highest BCUT2D eigenvalue weighted by atomic mass is 16.5. The van der Waals surface area contributed by atoms with Gasteiger partial charge in [0.1, 0.15) is 0 Å². The average molecular weight is 237 g/mol. The van der Waals surface area contributed by atoms with Crippen molar-refractivity contribution in [2.24, 2.45) is 5.73 Å². The van der Waals surface area contributed by atoms with Crippen LogP contribution in [0.25, 0.3) is 0 Å². The zero-order valence-electron chi connectivity index (χ0n) is 10.1. The van der Waals surface area contributed by atoms with Gasteiger partial charge < -0.3 is 21.1 Å². The molecule has 0 fully saturated rings. The molecule has 0 atom stereocenters. The summed E-state index contributed by atoms with van der Waals surface area (Å²) in [6, 6.07) is 7.72. The van der Waals surface area contributed by atoms with Gasteiger partial charge in [0.2, 0.25) is 0 Å². The molecule has 0 spiro atoms. The predicted molar refractivity (Wildman–Crippen MR) is 68.9 cm³/mol. The van der Waals surface area contributed by atoms with Crippen LogP contribution in [0.4, 0.5) is 16.2 Å². The normalized spacial score (nSPS) is 9.94. The quantitative estimate of drug-likeness (QED) is 0.581. The van der Waals surface area contributed by atoms with E-state index >= 15 is 0 Å². The molecule has 0 unspecified atom stereocenters. The van der Waals surface area contributed by atoms with Crippen molar-refractivity contribution in [2.45, 2.75) is 12.8 Å². The molecule has 5 heteroatoms. The highest BCUT2D eigenvalue weighted by Crippen LogP contribution is 2.15. The Balaban J connectivity index is 2.23. The smallest absolute Gasteiger partial charge is 0.404 e. The van der Waals surface area contributed by atoms with Gasteiger partial charge >= 0.3 is 6.09 Å². The second-order valence-corrected chi connectivity index (χ2v) is 3.89. The van der Waals surface area contributed by atoms with Gasteiger partial charge in [-0.15, -0.1) is 0 Å². The number of primary amides is 1. The van der Waals surface area contributed by atoms with Crippen LogP contribution in [0.15, 0.2) is 24.3 Å². The lowest BCUT2D eigenvalue weighted by Crippen LogP contribution is -2.19. The molecule has 17 heavy (non-hydrogen) atoms. The van der Waals surface area contributed by atoms with Gasteiger partial charge in [0.25, 0.3) is 0 Å². The molecule has 5 nitrogen and oxygen atoms in total. The number of carbonyl (C=O) groups excluding carboxylic acids is 1. The first kappa shape index (κ1) is 13.2. The van der Waals surface area contributed by atoms with E-state index in [0.717, 1.165) is 30.8 Å². The Morgan fingerprint density at radius 1 is 1.29 bits per heavy atom. The molecule has 0 bridgehead atoms. The van der Waals surface area contributed by atoms with Crippen LogP contribution in [0.3, 0.4) is 0 Å². The number of hydrogen-bond donors (Lipinski definition) is 2. The van der Waals surface area contributed by atoms with Crippen molar-refractivity contribution < 1.29 is 9.53 Å². The van der Waals surface area contributed by atoms with E-state index in [0.29, 0.717) is 6.61 Å². The Kier molecular flexibility index (Phi) is 5.13. The number of anilines is 2. The standard InChI is InChI=1S/C12H19N3O2/c1-15(8-2-3-9-17-12(14)16)11-6-4-10(13)5-7-11/h4-7H,2-3,8-9,13H2,1H3,(H2,14,16). The zero-order chi connectivity index (χ0) is 12.7. The molecule has 1 aromatic rings. The van der Waals surface area contributed by atoms with Crippen molar-refractivity contribution in [1.29, 1.82) is 0 Å². The van der Waals surface area contributed by atoms with Gasteiger partial charge in [0.15, 0.2) is 0 Å². The van der Waals surface area contributed by atoms with E-state index in [1.54, 1.807) is 0 Å². The maximum Gasteiger partial charge on any atom is 0.404 e. The minimum Gasteiger partial charge on any atom is -0.450 e. The van der Waals surface area contributed by atoms with Gasteiger partial charge in [-0.05, 0) is 37.1 Å². The van der Waals surface area contributed by atoms with Crippen molar-refractivity contribution in [3.63, 3.8) is 0 Å². The number of unbranched alkanes of at least 4 members (excludes halogenated alkanes) is 1. The van der Waals surface area contributed by atoms with Crippen LogP contribution in [-0.2, 0) is 4.74 Å². The molecule has 1 amide bonds. The second kappa shape index (κ2) is 6.62. The third kappa shape index (κ3) is 5.10. The van der Waals surface area contributed by atoms with E-state index in [2.05, 4.69) is 9.64 Å². The lowest BCUT2D eigenvalue weighted by Gasteiger charge is -2.19. The first-order chi connectivity index (χ1) is 8.09.